The van der Waals surface area contributed by atoms with Crippen molar-refractivity contribution < 1.29 is 23.3 Å². The minimum absolute atomic E-state index is 0.115. The first-order valence-electron chi connectivity index (χ1n) is 8.96. The molecule has 0 fully saturated rings. The van der Waals surface area contributed by atoms with E-state index in [1.165, 1.54) is 7.11 Å². The quantitative estimate of drug-likeness (QED) is 0.443. The zero-order valence-corrected chi connectivity index (χ0v) is 16.4. The molecule has 1 aromatic carbocycles. The molecule has 0 saturated heterocycles. The molecule has 0 spiro atoms. The third-order valence-corrected chi connectivity index (χ3v) is 5.29. The van der Waals surface area contributed by atoms with Crippen LogP contribution in [0.25, 0.3) is 0 Å². The van der Waals surface area contributed by atoms with Gasteiger partial charge in [-0.15, -0.1) is 0 Å². The lowest BCUT2D eigenvalue weighted by Crippen LogP contribution is -2.42. The summed E-state index contributed by atoms with van der Waals surface area (Å²) in [5.41, 5.74) is 0.852. The molecule has 0 aliphatic rings. The highest BCUT2D eigenvalue weighted by atomic mass is 32.2. The fourth-order valence-electron chi connectivity index (χ4n) is 2.34. The number of methoxy groups -OCH3 is 1. The van der Waals surface area contributed by atoms with E-state index >= 15 is 0 Å². The average molecular weight is 384 g/mol. The van der Waals surface area contributed by atoms with Gasteiger partial charge in [-0.25, -0.2) is 9.59 Å². The van der Waals surface area contributed by atoms with Crippen LogP contribution in [0.5, 0.6) is 0 Å². The van der Waals surface area contributed by atoms with E-state index in [2.05, 4.69) is 12.2 Å². The summed E-state index contributed by atoms with van der Waals surface area (Å²) >= 11 is 0. The van der Waals surface area contributed by atoms with Gasteiger partial charge in [-0.3, -0.25) is 4.21 Å². The van der Waals surface area contributed by atoms with Gasteiger partial charge in [-0.05, 0) is 18.4 Å². The number of hydrogen-bond donors (Lipinski definition) is 1. The predicted molar refractivity (Wildman–Crippen MR) is 102 cm³/mol. The fraction of sp³-hybridized carbons (Fsp3) is 0.579. The second-order valence-corrected chi connectivity index (χ2v) is 7.68. The number of carbonyl (C=O) groups excluding carboxylic acids is 2. The molecule has 26 heavy (non-hydrogen) atoms. The fourth-order valence-corrected chi connectivity index (χ4v) is 3.57. The summed E-state index contributed by atoms with van der Waals surface area (Å²) < 4.78 is 21.9. The SMILES string of the molecule is CCCCCCS(=O)CC[C@H](NC(=O)OCc1ccccc1)C(=O)OC. The first-order valence-corrected chi connectivity index (χ1v) is 10.5. The average Bonchev–Trinajstić information content (AvgIpc) is 2.67. The minimum Gasteiger partial charge on any atom is -0.467 e. The number of carbonyl (C=O) groups is 2. The zero-order valence-electron chi connectivity index (χ0n) is 15.6. The van der Waals surface area contributed by atoms with E-state index in [0.29, 0.717) is 11.5 Å². The Hall–Kier alpha value is -1.89. The molecule has 2 atom stereocenters. The summed E-state index contributed by atoms with van der Waals surface area (Å²) in [6, 6.07) is 8.40. The molecule has 1 rings (SSSR count). The van der Waals surface area contributed by atoms with Crippen LogP contribution in [0.15, 0.2) is 30.3 Å². The van der Waals surface area contributed by atoms with Gasteiger partial charge in [-0.2, -0.15) is 0 Å². The lowest BCUT2D eigenvalue weighted by Gasteiger charge is -2.16. The van der Waals surface area contributed by atoms with Crippen molar-refractivity contribution in [3.63, 3.8) is 0 Å². The van der Waals surface area contributed by atoms with Gasteiger partial charge in [0.25, 0.3) is 0 Å². The highest BCUT2D eigenvalue weighted by Crippen LogP contribution is 2.05. The monoisotopic (exact) mass is 383 g/mol. The second-order valence-electron chi connectivity index (χ2n) is 5.98. The number of hydrogen-bond acceptors (Lipinski definition) is 5. The van der Waals surface area contributed by atoms with Gasteiger partial charge in [0, 0.05) is 22.3 Å². The molecule has 0 heterocycles. The molecule has 0 aromatic heterocycles. The number of benzene rings is 1. The summed E-state index contributed by atoms with van der Waals surface area (Å²) in [5, 5.41) is 2.50. The van der Waals surface area contributed by atoms with Crippen LogP contribution in [0.4, 0.5) is 4.79 Å². The number of rotatable bonds is 12. The molecular formula is C19H29NO5S. The standard InChI is InChI=1S/C19H29NO5S/c1-3-4-5-9-13-26(23)14-12-17(18(21)24-2)20-19(22)25-15-16-10-7-6-8-11-16/h6-8,10-11,17H,3-5,9,12-15H2,1-2H3,(H,20,22)/t17-,26?/m0/s1. The molecule has 146 valence electrons. The van der Waals surface area contributed by atoms with E-state index in [9.17, 15) is 13.8 Å². The van der Waals surface area contributed by atoms with E-state index in [0.717, 1.165) is 31.2 Å². The lowest BCUT2D eigenvalue weighted by molar-refractivity contribution is -0.143. The Bertz CT molecular complexity index is 564. The van der Waals surface area contributed by atoms with Crippen molar-refractivity contribution in [3.8, 4) is 0 Å². The predicted octanol–water partition coefficient (Wildman–Crippen LogP) is 3.17. The summed E-state index contributed by atoms with van der Waals surface area (Å²) in [5.74, 6) is 0.390. The highest BCUT2D eigenvalue weighted by molar-refractivity contribution is 7.84. The van der Waals surface area contributed by atoms with Crippen LogP contribution in [0, 0.1) is 0 Å². The maximum absolute atomic E-state index is 12.0. The molecule has 0 radical (unpaired) electrons. The molecule has 1 unspecified atom stereocenters. The summed E-state index contributed by atoms with van der Waals surface area (Å²) in [4.78, 5) is 23.8. The van der Waals surface area contributed by atoms with Crippen LogP contribution < -0.4 is 5.32 Å². The number of esters is 1. The first kappa shape index (κ1) is 22.2. The molecule has 1 amide bonds. The summed E-state index contributed by atoms with van der Waals surface area (Å²) in [6.07, 6.45) is 3.80. The van der Waals surface area contributed by atoms with Gasteiger partial charge in [0.15, 0.2) is 0 Å². The molecule has 0 saturated carbocycles. The molecule has 1 N–H and O–H groups in total. The Kier molecular flexibility index (Phi) is 11.4. The van der Waals surface area contributed by atoms with Crippen LogP contribution in [0.3, 0.4) is 0 Å². The first-order chi connectivity index (χ1) is 12.6. The number of amides is 1. The van der Waals surface area contributed by atoms with Gasteiger partial charge >= 0.3 is 12.1 Å². The molecule has 1 aromatic rings. The van der Waals surface area contributed by atoms with Crippen molar-refractivity contribution >= 4 is 22.9 Å². The largest absolute Gasteiger partial charge is 0.467 e. The second kappa shape index (κ2) is 13.3. The minimum atomic E-state index is -1.01. The lowest BCUT2D eigenvalue weighted by atomic mass is 10.2. The third-order valence-electron chi connectivity index (χ3n) is 3.85. The van der Waals surface area contributed by atoms with Gasteiger partial charge in [0.05, 0.1) is 7.11 Å². The van der Waals surface area contributed by atoms with Crippen molar-refractivity contribution in [2.75, 3.05) is 18.6 Å². The van der Waals surface area contributed by atoms with Gasteiger partial charge in [0.2, 0.25) is 0 Å². The Labute approximate surface area is 158 Å². The number of unbranched alkanes of at least 4 members (excludes halogenated alkanes) is 3. The molecule has 0 bridgehead atoms. The van der Waals surface area contributed by atoms with Crippen molar-refractivity contribution in [2.24, 2.45) is 0 Å². The Morgan fingerprint density at radius 1 is 1.12 bits per heavy atom. The Morgan fingerprint density at radius 3 is 2.50 bits per heavy atom. The van der Waals surface area contributed by atoms with E-state index in [4.69, 9.17) is 9.47 Å². The maximum Gasteiger partial charge on any atom is 0.408 e. The number of ether oxygens (including phenoxy) is 2. The summed E-state index contributed by atoms with van der Waals surface area (Å²) in [7, 11) is 0.247. The topological polar surface area (TPSA) is 81.7 Å². The van der Waals surface area contributed by atoms with Crippen LogP contribution in [0.1, 0.15) is 44.6 Å². The van der Waals surface area contributed by atoms with Crippen LogP contribution in [-0.2, 0) is 31.7 Å². The molecule has 6 nitrogen and oxygen atoms in total. The van der Waals surface area contributed by atoms with Crippen molar-refractivity contribution in [1.82, 2.24) is 5.32 Å². The van der Waals surface area contributed by atoms with Crippen LogP contribution in [0.2, 0.25) is 0 Å². The van der Waals surface area contributed by atoms with Gasteiger partial charge in [-0.1, -0.05) is 56.5 Å². The van der Waals surface area contributed by atoms with Crippen molar-refractivity contribution in [1.29, 1.82) is 0 Å². The maximum atomic E-state index is 12.0. The molecule has 0 aliphatic heterocycles. The normalized spacial score (nSPS) is 12.8. The summed E-state index contributed by atoms with van der Waals surface area (Å²) in [6.45, 7) is 2.24. The molecule has 7 heteroatoms. The number of alkyl carbamates (subject to hydrolysis) is 1. The van der Waals surface area contributed by atoms with Gasteiger partial charge < -0.3 is 14.8 Å². The van der Waals surface area contributed by atoms with Crippen molar-refractivity contribution in [2.45, 2.75) is 51.7 Å². The van der Waals surface area contributed by atoms with E-state index < -0.39 is 28.9 Å². The van der Waals surface area contributed by atoms with E-state index in [1.807, 2.05) is 30.3 Å². The van der Waals surface area contributed by atoms with E-state index in [-0.39, 0.29) is 13.0 Å². The van der Waals surface area contributed by atoms with Crippen molar-refractivity contribution in [3.05, 3.63) is 35.9 Å². The smallest absolute Gasteiger partial charge is 0.408 e. The zero-order chi connectivity index (χ0) is 19.2. The molecule has 0 aliphatic carbocycles. The molecular weight excluding hydrogens is 354 g/mol. The Balaban J connectivity index is 2.39. The van der Waals surface area contributed by atoms with Crippen LogP contribution in [-0.4, -0.2) is 40.9 Å². The van der Waals surface area contributed by atoms with E-state index in [1.54, 1.807) is 0 Å². The third kappa shape index (κ3) is 9.56. The highest BCUT2D eigenvalue weighted by Gasteiger charge is 2.22. The number of nitrogens with one attached hydrogen (secondary N) is 1. The van der Waals surface area contributed by atoms with Crippen LogP contribution >= 0.6 is 0 Å². The Morgan fingerprint density at radius 2 is 1.85 bits per heavy atom. The van der Waals surface area contributed by atoms with Gasteiger partial charge in [0.1, 0.15) is 12.6 Å².